The Hall–Kier alpha value is -0.120. The molecule has 0 radical (unpaired) electrons. The number of nitrogens with zero attached hydrogens (tertiary/aromatic N) is 1. The van der Waals surface area contributed by atoms with E-state index in [4.69, 9.17) is 4.74 Å². The van der Waals surface area contributed by atoms with Crippen molar-refractivity contribution in [2.75, 3.05) is 26.2 Å². The van der Waals surface area contributed by atoms with E-state index in [0.29, 0.717) is 17.7 Å². The third-order valence-electron chi connectivity index (χ3n) is 4.66. The molecular weight excluding hydrogens is 236 g/mol. The van der Waals surface area contributed by atoms with Crippen LogP contribution in [0, 0.1) is 5.92 Å². The van der Waals surface area contributed by atoms with Crippen LogP contribution in [0.5, 0.6) is 0 Å². The molecule has 0 aromatic rings. The fourth-order valence-corrected chi connectivity index (χ4v) is 3.59. The van der Waals surface area contributed by atoms with Gasteiger partial charge >= 0.3 is 0 Å². The average Bonchev–Trinajstić information content (AvgIpc) is 2.33. The number of nitrogens with two attached hydrogens (primary N) is 1. The summed E-state index contributed by atoms with van der Waals surface area (Å²) in [7, 11) is 0. The van der Waals surface area contributed by atoms with Crippen LogP contribution in [0.3, 0.4) is 0 Å². The summed E-state index contributed by atoms with van der Waals surface area (Å²) in [4.78, 5) is 2.66. The van der Waals surface area contributed by atoms with Crippen molar-refractivity contribution in [3.8, 4) is 0 Å². The number of likely N-dealkylation sites (tertiary alicyclic amines) is 1. The molecule has 3 heteroatoms. The van der Waals surface area contributed by atoms with E-state index in [1.54, 1.807) is 0 Å². The highest BCUT2D eigenvalue weighted by Gasteiger charge is 2.36. The lowest BCUT2D eigenvalue weighted by Crippen LogP contribution is -2.86. The number of hydrogen-bond donors (Lipinski definition) is 1. The van der Waals surface area contributed by atoms with Gasteiger partial charge in [0.1, 0.15) is 0 Å². The van der Waals surface area contributed by atoms with Crippen LogP contribution in [0.15, 0.2) is 0 Å². The first kappa shape index (κ1) is 15.3. The SMILES string of the molecule is CC(C)CN1CC[C@@H](OC2CC[NH2+]CC2)CC1(C)C. The van der Waals surface area contributed by atoms with Gasteiger partial charge < -0.3 is 10.1 Å². The fourth-order valence-electron chi connectivity index (χ4n) is 3.59. The molecular formula is C16H33N2O+. The summed E-state index contributed by atoms with van der Waals surface area (Å²) in [6.45, 7) is 14.3. The van der Waals surface area contributed by atoms with Crippen LogP contribution in [0.25, 0.3) is 0 Å². The van der Waals surface area contributed by atoms with E-state index in [9.17, 15) is 0 Å². The second-order valence-corrected chi connectivity index (χ2v) is 7.47. The largest absolute Gasteiger partial charge is 0.374 e. The third-order valence-corrected chi connectivity index (χ3v) is 4.66. The molecule has 2 aliphatic rings. The lowest BCUT2D eigenvalue weighted by molar-refractivity contribution is -0.665. The van der Waals surface area contributed by atoms with Gasteiger partial charge in [0.25, 0.3) is 0 Å². The van der Waals surface area contributed by atoms with Gasteiger partial charge in [-0.05, 0) is 32.6 Å². The number of rotatable bonds is 4. The zero-order valence-corrected chi connectivity index (χ0v) is 13.3. The maximum atomic E-state index is 6.37. The highest BCUT2D eigenvalue weighted by molar-refractivity contribution is 4.90. The van der Waals surface area contributed by atoms with Crippen LogP contribution in [0.4, 0.5) is 0 Å². The molecule has 0 aliphatic carbocycles. The van der Waals surface area contributed by atoms with Crippen molar-refractivity contribution < 1.29 is 10.1 Å². The number of piperidine rings is 2. The van der Waals surface area contributed by atoms with Crippen molar-refractivity contribution in [3.63, 3.8) is 0 Å². The van der Waals surface area contributed by atoms with Crippen molar-refractivity contribution in [2.24, 2.45) is 5.92 Å². The lowest BCUT2D eigenvalue weighted by Gasteiger charge is -2.47. The predicted octanol–water partition coefficient (Wildman–Crippen LogP) is 1.63. The molecule has 2 heterocycles. The summed E-state index contributed by atoms with van der Waals surface area (Å²) in [6.07, 6.45) is 5.92. The molecule has 3 nitrogen and oxygen atoms in total. The molecule has 0 spiro atoms. The van der Waals surface area contributed by atoms with Gasteiger partial charge in [-0.3, -0.25) is 4.90 Å². The van der Waals surface area contributed by atoms with E-state index < -0.39 is 0 Å². The molecule has 0 aromatic carbocycles. The molecule has 0 bridgehead atoms. The zero-order valence-electron chi connectivity index (χ0n) is 13.3. The summed E-state index contributed by atoms with van der Waals surface area (Å²) >= 11 is 0. The highest BCUT2D eigenvalue weighted by Crippen LogP contribution is 2.31. The minimum Gasteiger partial charge on any atom is -0.374 e. The van der Waals surface area contributed by atoms with Crippen LogP contribution in [0.1, 0.15) is 53.4 Å². The summed E-state index contributed by atoms with van der Waals surface area (Å²) < 4.78 is 6.37. The Balaban J connectivity index is 1.83. The van der Waals surface area contributed by atoms with E-state index in [-0.39, 0.29) is 0 Å². The summed E-state index contributed by atoms with van der Waals surface area (Å²) in [5, 5.41) is 2.41. The maximum absolute atomic E-state index is 6.37. The Morgan fingerprint density at radius 2 is 1.84 bits per heavy atom. The van der Waals surface area contributed by atoms with Crippen molar-refractivity contribution in [1.29, 1.82) is 0 Å². The number of ether oxygens (including phenoxy) is 1. The summed E-state index contributed by atoms with van der Waals surface area (Å²) in [5.74, 6) is 0.755. The van der Waals surface area contributed by atoms with Gasteiger partial charge in [-0.1, -0.05) is 13.8 Å². The van der Waals surface area contributed by atoms with Crippen LogP contribution >= 0.6 is 0 Å². The van der Waals surface area contributed by atoms with E-state index in [0.717, 1.165) is 5.92 Å². The quantitative estimate of drug-likeness (QED) is 0.840. The van der Waals surface area contributed by atoms with E-state index in [1.165, 1.54) is 51.9 Å². The average molecular weight is 269 g/mol. The first-order valence-electron chi connectivity index (χ1n) is 8.19. The molecule has 0 unspecified atom stereocenters. The molecule has 0 amide bonds. The minimum atomic E-state index is 0.300. The normalized spacial score (nSPS) is 29.8. The zero-order chi connectivity index (χ0) is 13.9. The van der Waals surface area contributed by atoms with E-state index >= 15 is 0 Å². The van der Waals surface area contributed by atoms with Crippen LogP contribution in [-0.2, 0) is 4.74 Å². The molecule has 2 fully saturated rings. The first-order chi connectivity index (χ1) is 8.97. The Kier molecular flexibility index (Phi) is 5.27. The van der Waals surface area contributed by atoms with Crippen LogP contribution < -0.4 is 5.32 Å². The predicted molar refractivity (Wildman–Crippen MR) is 79.3 cm³/mol. The molecule has 0 saturated carbocycles. The molecule has 1 atom stereocenters. The Morgan fingerprint density at radius 1 is 1.16 bits per heavy atom. The Bertz CT molecular complexity index is 272. The number of quaternary nitrogens is 1. The molecule has 0 aromatic heterocycles. The van der Waals surface area contributed by atoms with Gasteiger partial charge in [0.05, 0.1) is 25.3 Å². The second-order valence-electron chi connectivity index (χ2n) is 7.47. The Morgan fingerprint density at radius 3 is 2.42 bits per heavy atom. The van der Waals surface area contributed by atoms with E-state index in [1.807, 2.05) is 0 Å². The fraction of sp³-hybridized carbons (Fsp3) is 1.00. The van der Waals surface area contributed by atoms with Gasteiger partial charge in [0, 0.05) is 31.5 Å². The van der Waals surface area contributed by atoms with Gasteiger partial charge in [0.15, 0.2) is 0 Å². The van der Waals surface area contributed by atoms with E-state index in [2.05, 4.69) is 37.9 Å². The highest BCUT2D eigenvalue weighted by atomic mass is 16.5. The molecule has 112 valence electrons. The Labute approximate surface area is 119 Å². The second kappa shape index (κ2) is 6.55. The van der Waals surface area contributed by atoms with Gasteiger partial charge in [-0.25, -0.2) is 0 Å². The van der Waals surface area contributed by atoms with Gasteiger partial charge in [-0.2, -0.15) is 0 Å². The minimum absolute atomic E-state index is 0.300. The molecule has 2 rings (SSSR count). The van der Waals surface area contributed by atoms with Gasteiger partial charge in [0.2, 0.25) is 0 Å². The summed E-state index contributed by atoms with van der Waals surface area (Å²) in [6, 6.07) is 0. The monoisotopic (exact) mass is 269 g/mol. The third kappa shape index (κ3) is 4.44. The molecule has 2 aliphatic heterocycles. The smallest absolute Gasteiger partial charge is 0.0780 e. The standard InChI is InChI=1S/C16H32N2O/c1-13(2)12-18-10-7-15(11-16(18,3)4)19-14-5-8-17-9-6-14/h13-15,17H,5-12H2,1-4H3/p+1/t15-/m1/s1. The van der Waals surface area contributed by atoms with Crippen molar-refractivity contribution in [2.45, 2.75) is 71.1 Å². The summed E-state index contributed by atoms with van der Waals surface area (Å²) in [5.41, 5.74) is 0.300. The lowest BCUT2D eigenvalue weighted by atomic mass is 9.87. The van der Waals surface area contributed by atoms with Gasteiger partial charge in [-0.15, -0.1) is 0 Å². The maximum Gasteiger partial charge on any atom is 0.0780 e. The first-order valence-corrected chi connectivity index (χ1v) is 8.19. The van der Waals surface area contributed by atoms with Crippen molar-refractivity contribution in [3.05, 3.63) is 0 Å². The van der Waals surface area contributed by atoms with Crippen LogP contribution in [0.2, 0.25) is 0 Å². The molecule has 19 heavy (non-hydrogen) atoms. The van der Waals surface area contributed by atoms with Crippen molar-refractivity contribution in [1.82, 2.24) is 4.90 Å². The topological polar surface area (TPSA) is 29.1 Å². The molecule has 2 saturated heterocycles. The molecule has 2 N–H and O–H groups in total. The van der Waals surface area contributed by atoms with Crippen molar-refractivity contribution >= 4 is 0 Å². The van der Waals surface area contributed by atoms with Crippen LogP contribution in [-0.4, -0.2) is 48.8 Å². The number of hydrogen-bond acceptors (Lipinski definition) is 2.